The number of rotatable bonds is 6. The van der Waals surface area contributed by atoms with Crippen molar-refractivity contribution in [3.05, 3.63) is 62.7 Å². The second kappa shape index (κ2) is 8.04. The molecule has 27 heavy (non-hydrogen) atoms. The number of hydrogen-bond acceptors (Lipinski definition) is 5. The number of non-ortho nitro benzene ring substituents is 1. The minimum absolute atomic E-state index is 0.138. The Labute approximate surface area is 154 Å². The van der Waals surface area contributed by atoms with Crippen LogP contribution < -0.4 is 10.1 Å². The van der Waals surface area contributed by atoms with Gasteiger partial charge in [-0.25, -0.2) is 0 Å². The Kier molecular flexibility index (Phi) is 6.01. The third-order valence-electron chi connectivity index (χ3n) is 3.27. The average molecular weight is 403 g/mol. The molecule has 142 valence electrons. The number of benzene rings is 2. The molecule has 1 N–H and O–H groups in total. The number of carbonyl (C=O) groups excluding carboxylic acids is 2. The average Bonchev–Trinajstić information content (AvgIpc) is 2.60. The second-order valence-corrected chi connectivity index (χ2v) is 5.50. The molecule has 1 amide bonds. The zero-order valence-electron chi connectivity index (χ0n) is 13.2. The fourth-order valence-corrected chi connectivity index (χ4v) is 2.30. The van der Waals surface area contributed by atoms with E-state index in [1.807, 2.05) is 5.32 Å². The lowest BCUT2D eigenvalue weighted by molar-refractivity contribution is -0.384. The maximum atomic E-state index is 13.0. The summed E-state index contributed by atoms with van der Waals surface area (Å²) in [6, 6.07) is 6.11. The van der Waals surface area contributed by atoms with Crippen molar-refractivity contribution in [3.8, 4) is 5.75 Å². The molecule has 7 nitrogen and oxygen atoms in total. The molecule has 0 bridgehead atoms. The Balaban J connectivity index is 2.15. The van der Waals surface area contributed by atoms with E-state index in [9.17, 15) is 32.9 Å². The third kappa shape index (κ3) is 4.94. The number of carbonyl (C=O) groups is 2. The monoisotopic (exact) mass is 402 g/mol. The molecule has 0 saturated carbocycles. The lowest BCUT2D eigenvalue weighted by Crippen LogP contribution is -2.23. The smallest absolute Gasteiger partial charge is 0.418 e. The molecule has 0 atom stereocenters. The Bertz CT molecular complexity index is 902. The minimum atomic E-state index is -4.74. The predicted molar refractivity (Wildman–Crippen MR) is 89.1 cm³/mol. The van der Waals surface area contributed by atoms with Gasteiger partial charge in [-0.15, -0.1) is 0 Å². The molecule has 0 unspecified atom stereocenters. The van der Waals surface area contributed by atoms with Gasteiger partial charge >= 0.3 is 6.18 Å². The summed E-state index contributed by atoms with van der Waals surface area (Å²) >= 11 is 5.73. The molecular weight excluding hydrogens is 393 g/mol. The molecule has 11 heteroatoms. The van der Waals surface area contributed by atoms with Gasteiger partial charge in [0.25, 0.3) is 11.6 Å². The number of nitro groups is 1. The van der Waals surface area contributed by atoms with Crippen LogP contribution in [0.15, 0.2) is 36.4 Å². The van der Waals surface area contributed by atoms with Crippen LogP contribution in [0.25, 0.3) is 0 Å². The summed E-state index contributed by atoms with van der Waals surface area (Å²) in [4.78, 5) is 32.9. The van der Waals surface area contributed by atoms with Crippen LogP contribution in [0.2, 0.25) is 5.02 Å². The van der Waals surface area contributed by atoms with E-state index in [1.165, 1.54) is 6.07 Å². The van der Waals surface area contributed by atoms with Crippen molar-refractivity contribution in [2.24, 2.45) is 0 Å². The van der Waals surface area contributed by atoms with Gasteiger partial charge in [0.1, 0.15) is 5.75 Å². The molecule has 0 aliphatic rings. The zero-order valence-corrected chi connectivity index (χ0v) is 14.0. The Hall–Kier alpha value is -3.14. The quantitative estimate of drug-likeness (QED) is 0.445. The van der Waals surface area contributed by atoms with Crippen LogP contribution >= 0.6 is 11.6 Å². The molecule has 0 aliphatic heterocycles. The van der Waals surface area contributed by atoms with Crippen molar-refractivity contribution >= 4 is 35.2 Å². The molecule has 0 spiro atoms. The van der Waals surface area contributed by atoms with Crippen LogP contribution in [0.1, 0.15) is 15.9 Å². The molecule has 2 rings (SSSR count). The molecular formula is C16H10ClF3N2O5. The maximum absolute atomic E-state index is 13.0. The zero-order chi connectivity index (χ0) is 20.2. The van der Waals surface area contributed by atoms with E-state index >= 15 is 0 Å². The van der Waals surface area contributed by atoms with Gasteiger partial charge < -0.3 is 10.1 Å². The number of nitro benzene ring substituents is 1. The number of halogens is 4. The first-order valence-corrected chi connectivity index (χ1v) is 7.53. The van der Waals surface area contributed by atoms with Gasteiger partial charge in [-0.1, -0.05) is 17.7 Å². The van der Waals surface area contributed by atoms with Crippen LogP contribution in [-0.4, -0.2) is 23.7 Å². The molecule has 0 saturated heterocycles. The summed E-state index contributed by atoms with van der Waals surface area (Å²) < 4.78 is 44.1. The highest BCUT2D eigenvalue weighted by molar-refractivity contribution is 6.34. The number of para-hydroxylation sites is 1. The fraction of sp³-hybridized carbons (Fsp3) is 0.125. The lowest BCUT2D eigenvalue weighted by atomic mass is 10.1. The number of amides is 1. The second-order valence-electron chi connectivity index (χ2n) is 5.09. The number of hydrogen-bond donors (Lipinski definition) is 1. The van der Waals surface area contributed by atoms with Crippen molar-refractivity contribution in [1.82, 2.24) is 0 Å². The number of anilines is 1. The van der Waals surface area contributed by atoms with E-state index < -0.39 is 34.9 Å². The van der Waals surface area contributed by atoms with Gasteiger partial charge in [0.2, 0.25) is 0 Å². The highest BCUT2D eigenvalue weighted by Crippen LogP contribution is 2.38. The Morgan fingerprint density at radius 1 is 1.30 bits per heavy atom. The van der Waals surface area contributed by atoms with E-state index in [2.05, 4.69) is 0 Å². The van der Waals surface area contributed by atoms with E-state index in [-0.39, 0.29) is 28.3 Å². The highest BCUT2D eigenvalue weighted by Gasteiger charge is 2.34. The summed E-state index contributed by atoms with van der Waals surface area (Å²) in [5, 5.41) is 12.4. The summed E-state index contributed by atoms with van der Waals surface area (Å²) in [5.74, 6) is -1.11. The van der Waals surface area contributed by atoms with E-state index in [0.29, 0.717) is 0 Å². The van der Waals surface area contributed by atoms with Crippen LogP contribution in [0.3, 0.4) is 0 Å². The maximum Gasteiger partial charge on any atom is 0.418 e. The molecule has 2 aromatic carbocycles. The SMILES string of the molecule is O=Cc1cc([N+](=O)[O-])ccc1OCC(=O)Nc1c(Cl)cccc1C(F)(F)F. The van der Waals surface area contributed by atoms with Crippen molar-refractivity contribution in [2.45, 2.75) is 6.18 Å². The van der Waals surface area contributed by atoms with Crippen LogP contribution in [0.4, 0.5) is 24.5 Å². The number of nitrogens with zero attached hydrogens (tertiary/aromatic N) is 1. The molecule has 0 fully saturated rings. The van der Waals surface area contributed by atoms with Crippen molar-refractivity contribution in [3.63, 3.8) is 0 Å². The minimum Gasteiger partial charge on any atom is -0.483 e. The molecule has 0 aromatic heterocycles. The van der Waals surface area contributed by atoms with Gasteiger partial charge in [-0.2, -0.15) is 13.2 Å². The summed E-state index contributed by atoms with van der Waals surface area (Å²) in [6.45, 7) is -0.749. The van der Waals surface area contributed by atoms with Crippen molar-refractivity contribution in [2.75, 3.05) is 11.9 Å². The van der Waals surface area contributed by atoms with E-state index in [0.717, 1.165) is 30.3 Å². The first kappa shape index (κ1) is 20.2. The van der Waals surface area contributed by atoms with Gasteiger partial charge in [0.15, 0.2) is 12.9 Å². The number of alkyl halides is 3. The lowest BCUT2D eigenvalue weighted by Gasteiger charge is -2.15. The predicted octanol–water partition coefficient (Wildman–Crippen LogP) is 4.10. The first-order chi connectivity index (χ1) is 12.6. The third-order valence-corrected chi connectivity index (χ3v) is 3.59. The Morgan fingerprint density at radius 3 is 2.59 bits per heavy atom. The standard InChI is InChI=1S/C16H10ClF3N2O5/c17-12-3-1-2-11(16(18,19)20)15(12)21-14(24)8-27-13-5-4-10(22(25)26)6-9(13)7-23/h1-7H,8H2,(H,21,24). The molecule has 2 aromatic rings. The number of ether oxygens (including phenoxy) is 1. The van der Waals surface area contributed by atoms with E-state index in [4.69, 9.17) is 16.3 Å². The van der Waals surface area contributed by atoms with Crippen molar-refractivity contribution in [1.29, 1.82) is 0 Å². The highest BCUT2D eigenvalue weighted by atomic mass is 35.5. The summed E-state index contributed by atoms with van der Waals surface area (Å²) in [6.07, 6.45) is -4.45. The van der Waals surface area contributed by atoms with Crippen LogP contribution in [-0.2, 0) is 11.0 Å². The van der Waals surface area contributed by atoms with Gasteiger partial charge in [0.05, 0.1) is 26.8 Å². The molecule has 0 aliphatic carbocycles. The van der Waals surface area contributed by atoms with Gasteiger partial charge in [-0.3, -0.25) is 19.7 Å². The summed E-state index contributed by atoms with van der Waals surface area (Å²) in [5.41, 5.74) is -2.31. The van der Waals surface area contributed by atoms with E-state index in [1.54, 1.807) is 0 Å². The fourth-order valence-electron chi connectivity index (χ4n) is 2.08. The molecule has 0 heterocycles. The normalized spacial score (nSPS) is 11.0. The van der Waals surface area contributed by atoms with Gasteiger partial charge in [0, 0.05) is 12.1 Å². The van der Waals surface area contributed by atoms with Crippen molar-refractivity contribution < 1.29 is 32.4 Å². The summed E-state index contributed by atoms with van der Waals surface area (Å²) in [7, 11) is 0. The number of nitrogens with one attached hydrogen (secondary N) is 1. The first-order valence-electron chi connectivity index (χ1n) is 7.15. The topological polar surface area (TPSA) is 98.5 Å². The number of aldehydes is 1. The largest absolute Gasteiger partial charge is 0.483 e. The van der Waals surface area contributed by atoms with Gasteiger partial charge in [-0.05, 0) is 18.2 Å². The molecule has 0 radical (unpaired) electrons. The Morgan fingerprint density at radius 2 is 2.00 bits per heavy atom. The van der Waals surface area contributed by atoms with Crippen LogP contribution in [0.5, 0.6) is 5.75 Å². The van der Waals surface area contributed by atoms with Crippen LogP contribution in [0, 0.1) is 10.1 Å².